The van der Waals surface area contributed by atoms with Gasteiger partial charge in [0.15, 0.2) is 0 Å². The van der Waals surface area contributed by atoms with E-state index in [1.54, 1.807) is 17.3 Å². The molecule has 0 fully saturated rings. The number of nitrogens with zero attached hydrogens (tertiary/aromatic N) is 5. The van der Waals surface area contributed by atoms with Gasteiger partial charge in [0.1, 0.15) is 18.7 Å². The highest BCUT2D eigenvalue weighted by molar-refractivity contribution is 5.83. The number of carbonyl (C=O) groups is 1. The van der Waals surface area contributed by atoms with E-state index < -0.39 is 0 Å². The Bertz CT molecular complexity index is 1020. The lowest BCUT2D eigenvalue weighted by molar-refractivity contribution is -0.123. The zero-order valence-corrected chi connectivity index (χ0v) is 14.3. The van der Waals surface area contributed by atoms with Crippen LogP contribution in [0.25, 0.3) is 16.7 Å². The van der Waals surface area contributed by atoms with Crippen LogP contribution in [0.15, 0.2) is 67.5 Å². The van der Waals surface area contributed by atoms with Gasteiger partial charge in [-0.05, 0) is 36.8 Å². The lowest BCUT2D eigenvalue weighted by atomic mass is 10.2. The number of benzene rings is 2. The Labute approximate surface area is 150 Å². The molecule has 1 N–H and O–H groups in total. The largest absolute Gasteiger partial charge is 0.350 e. The van der Waals surface area contributed by atoms with Crippen LogP contribution in [-0.2, 0) is 11.3 Å². The average Bonchev–Trinajstić information content (AvgIpc) is 3.36. The first-order valence-corrected chi connectivity index (χ1v) is 8.35. The average molecular weight is 346 g/mol. The molecule has 0 bridgehead atoms. The minimum Gasteiger partial charge on any atom is -0.350 e. The fourth-order valence-corrected chi connectivity index (χ4v) is 2.86. The summed E-state index contributed by atoms with van der Waals surface area (Å²) >= 11 is 0. The quantitative estimate of drug-likeness (QED) is 0.602. The summed E-state index contributed by atoms with van der Waals surface area (Å²) in [6.07, 6.45) is 4.85. The maximum atomic E-state index is 12.5. The molecule has 130 valence electrons. The molecule has 1 amide bonds. The summed E-state index contributed by atoms with van der Waals surface area (Å²) in [5.74, 6) is -0.0477. The molecule has 0 spiro atoms. The van der Waals surface area contributed by atoms with Crippen LogP contribution in [0.4, 0.5) is 0 Å². The van der Waals surface area contributed by atoms with Crippen molar-refractivity contribution in [1.82, 2.24) is 29.6 Å². The second-order valence-electron chi connectivity index (χ2n) is 6.04. The van der Waals surface area contributed by atoms with Crippen LogP contribution in [-0.4, -0.2) is 30.2 Å². The van der Waals surface area contributed by atoms with E-state index in [0.717, 1.165) is 22.3 Å². The van der Waals surface area contributed by atoms with Gasteiger partial charge in [-0.3, -0.25) is 4.79 Å². The summed E-state index contributed by atoms with van der Waals surface area (Å²) in [6, 6.07) is 15.3. The number of hydrogen-bond donors (Lipinski definition) is 1. The van der Waals surface area contributed by atoms with E-state index in [1.165, 1.54) is 6.33 Å². The zero-order chi connectivity index (χ0) is 17.9. The minimum atomic E-state index is -0.336. The number of imidazole rings is 1. The topological polar surface area (TPSA) is 77.6 Å². The van der Waals surface area contributed by atoms with Gasteiger partial charge in [0.05, 0.1) is 23.0 Å². The Morgan fingerprint density at radius 2 is 1.92 bits per heavy atom. The van der Waals surface area contributed by atoms with Gasteiger partial charge in [-0.2, -0.15) is 5.10 Å². The van der Waals surface area contributed by atoms with Crippen molar-refractivity contribution < 1.29 is 4.79 Å². The maximum Gasteiger partial charge on any atom is 0.243 e. The van der Waals surface area contributed by atoms with Gasteiger partial charge in [-0.1, -0.05) is 24.3 Å². The molecule has 2 aromatic heterocycles. The van der Waals surface area contributed by atoms with Crippen molar-refractivity contribution in [3.63, 3.8) is 0 Å². The number of rotatable bonds is 5. The number of hydrogen-bond acceptors (Lipinski definition) is 4. The number of para-hydroxylation sites is 2. The number of nitrogens with one attached hydrogen (secondary N) is 1. The van der Waals surface area contributed by atoms with Gasteiger partial charge in [0.25, 0.3) is 0 Å². The van der Waals surface area contributed by atoms with E-state index in [4.69, 9.17) is 0 Å². The molecule has 2 heterocycles. The van der Waals surface area contributed by atoms with Gasteiger partial charge in [-0.25, -0.2) is 14.6 Å². The number of fused-ring (bicyclic) bond motifs is 1. The molecular weight excluding hydrogens is 328 g/mol. The Hall–Kier alpha value is -3.48. The molecule has 2 aromatic carbocycles. The lowest BCUT2D eigenvalue weighted by Gasteiger charge is -2.15. The van der Waals surface area contributed by atoms with Gasteiger partial charge in [-0.15, -0.1) is 0 Å². The van der Waals surface area contributed by atoms with Crippen molar-refractivity contribution in [3.05, 3.63) is 73.1 Å². The van der Waals surface area contributed by atoms with E-state index >= 15 is 0 Å². The normalized spacial score (nSPS) is 12.2. The van der Waals surface area contributed by atoms with Crippen LogP contribution in [0.3, 0.4) is 0 Å². The van der Waals surface area contributed by atoms with Crippen molar-refractivity contribution >= 4 is 16.9 Å². The number of aromatic nitrogens is 5. The summed E-state index contributed by atoms with van der Waals surface area (Å²) in [7, 11) is 0. The Morgan fingerprint density at radius 3 is 2.69 bits per heavy atom. The van der Waals surface area contributed by atoms with E-state index in [9.17, 15) is 4.79 Å². The van der Waals surface area contributed by atoms with Crippen molar-refractivity contribution in [2.45, 2.75) is 19.5 Å². The summed E-state index contributed by atoms with van der Waals surface area (Å²) < 4.78 is 3.58. The summed E-state index contributed by atoms with van der Waals surface area (Å²) in [5, 5.41) is 7.08. The molecule has 0 aliphatic heterocycles. The van der Waals surface area contributed by atoms with Crippen LogP contribution in [0.5, 0.6) is 0 Å². The molecule has 0 aliphatic carbocycles. The molecule has 4 rings (SSSR count). The predicted molar refractivity (Wildman–Crippen MR) is 97.6 cm³/mol. The lowest BCUT2D eigenvalue weighted by Crippen LogP contribution is -2.30. The number of amides is 1. The summed E-state index contributed by atoms with van der Waals surface area (Å²) in [6.45, 7) is 2.34. The third kappa shape index (κ3) is 3.06. The maximum absolute atomic E-state index is 12.5. The van der Waals surface area contributed by atoms with E-state index in [1.807, 2.05) is 60.0 Å². The molecule has 7 nitrogen and oxygen atoms in total. The Morgan fingerprint density at radius 1 is 1.12 bits per heavy atom. The van der Waals surface area contributed by atoms with Crippen molar-refractivity contribution in [1.29, 1.82) is 0 Å². The molecule has 26 heavy (non-hydrogen) atoms. The second-order valence-corrected chi connectivity index (χ2v) is 6.04. The third-order valence-electron chi connectivity index (χ3n) is 4.36. The van der Waals surface area contributed by atoms with Crippen LogP contribution in [0.2, 0.25) is 0 Å². The molecule has 0 aliphatic rings. The van der Waals surface area contributed by atoms with E-state index in [2.05, 4.69) is 20.4 Å². The SMILES string of the molecule is C[C@H](C(=O)NCc1ccc(-n2cncn2)cc1)n1cnc2ccccc21. The van der Waals surface area contributed by atoms with Gasteiger partial charge >= 0.3 is 0 Å². The second kappa shape index (κ2) is 6.79. The first-order chi connectivity index (χ1) is 12.7. The fraction of sp³-hybridized carbons (Fsp3) is 0.158. The standard InChI is InChI=1S/C19H18N6O/c1-14(24-13-22-17-4-2-3-5-18(17)24)19(26)21-10-15-6-8-16(9-7-15)25-12-20-11-23-25/h2-9,11-14H,10H2,1H3,(H,21,26)/t14-/m1/s1. The van der Waals surface area contributed by atoms with Gasteiger partial charge < -0.3 is 9.88 Å². The van der Waals surface area contributed by atoms with E-state index in [-0.39, 0.29) is 11.9 Å². The van der Waals surface area contributed by atoms with Crippen LogP contribution in [0.1, 0.15) is 18.5 Å². The molecule has 7 heteroatoms. The first kappa shape index (κ1) is 16.0. The van der Waals surface area contributed by atoms with Gasteiger partial charge in [0.2, 0.25) is 5.91 Å². The predicted octanol–water partition coefficient (Wildman–Crippen LogP) is 2.49. The Balaban J connectivity index is 1.42. The highest BCUT2D eigenvalue weighted by Gasteiger charge is 2.16. The minimum absolute atomic E-state index is 0.0477. The molecule has 0 unspecified atom stereocenters. The summed E-state index contributed by atoms with van der Waals surface area (Å²) in [5.41, 5.74) is 3.78. The molecule has 1 atom stereocenters. The Kier molecular flexibility index (Phi) is 4.18. The highest BCUT2D eigenvalue weighted by Crippen LogP contribution is 2.17. The third-order valence-corrected chi connectivity index (χ3v) is 4.36. The zero-order valence-electron chi connectivity index (χ0n) is 14.3. The molecule has 4 aromatic rings. The molecule has 0 radical (unpaired) electrons. The van der Waals surface area contributed by atoms with Crippen LogP contribution in [0, 0.1) is 0 Å². The fourth-order valence-electron chi connectivity index (χ4n) is 2.86. The molecule has 0 saturated carbocycles. The number of carbonyl (C=O) groups excluding carboxylic acids is 1. The van der Waals surface area contributed by atoms with Crippen molar-refractivity contribution in [3.8, 4) is 5.69 Å². The van der Waals surface area contributed by atoms with Crippen molar-refractivity contribution in [2.75, 3.05) is 0 Å². The smallest absolute Gasteiger partial charge is 0.243 e. The van der Waals surface area contributed by atoms with Crippen LogP contribution < -0.4 is 5.32 Å². The van der Waals surface area contributed by atoms with Crippen LogP contribution >= 0.6 is 0 Å². The monoisotopic (exact) mass is 346 g/mol. The van der Waals surface area contributed by atoms with Crippen molar-refractivity contribution in [2.24, 2.45) is 0 Å². The summed E-state index contributed by atoms with van der Waals surface area (Å²) in [4.78, 5) is 20.8. The van der Waals surface area contributed by atoms with E-state index in [0.29, 0.717) is 6.54 Å². The first-order valence-electron chi connectivity index (χ1n) is 8.35. The molecule has 0 saturated heterocycles. The van der Waals surface area contributed by atoms with Gasteiger partial charge in [0, 0.05) is 6.54 Å². The molecular formula is C19H18N6O. The highest BCUT2D eigenvalue weighted by atomic mass is 16.2.